The molecule has 0 amide bonds. The van der Waals surface area contributed by atoms with Crippen molar-refractivity contribution in [1.29, 1.82) is 0 Å². The van der Waals surface area contributed by atoms with Crippen molar-refractivity contribution in [2.75, 3.05) is 0 Å². The zero-order valence-electron chi connectivity index (χ0n) is 7.05. The van der Waals surface area contributed by atoms with E-state index in [1.165, 1.54) is 0 Å². The number of aromatic hydroxyl groups is 1. The van der Waals surface area contributed by atoms with Gasteiger partial charge in [0.1, 0.15) is 5.75 Å². The van der Waals surface area contributed by atoms with Crippen LogP contribution in [-0.4, -0.2) is 5.11 Å². The molecule has 0 fully saturated rings. The molecule has 2 rings (SSSR count). The summed E-state index contributed by atoms with van der Waals surface area (Å²) in [5, 5.41) is 23.7. The summed E-state index contributed by atoms with van der Waals surface area (Å²) in [6.07, 6.45) is -0.384. The van der Waals surface area contributed by atoms with Gasteiger partial charge in [-0.1, -0.05) is 6.07 Å². The molecule has 0 spiro atoms. The predicted molar refractivity (Wildman–Crippen MR) is 45.3 cm³/mol. The highest BCUT2D eigenvalue weighted by Crippen LogP contribution is 2.27. The van der Waals surface area contributed by atoms with Crippen molar-refractivity contribution in [3.05, 3.63) is 29.3 Å². The van der Waals surface area contributed by atoms with Gasteiger partial charge in [0.2, 0.25) is 6.17 Å². The number of hydrogen-bond donors (Lipinski definition) is 1. The Balaban J connectivity index is 2.40. The first-order valence-electron chi connectivity index (χ1n) is 3.86. The van der Waals surface area contributed by atoms with E-state index in [1.807, 2.05) is 13.0 Å². The van der Waals surface area contributed by atoms with Crippen LogP contribution in [-0.2, 0) is 0 Å². The normalized spacial score (nSPS) is 15.5. The van der Waals surface area contributed by atoms with E-state index in [0.29, 0.717) is 0 Å². The molecular weight excluding hydrogens is 168 g/mol. The molecule has 1 aliphatic heterocycles. The van der Waals surface area contributed by atoms with Crippen LogP contribution >= 0.6 is 0 Å². The van der Waals surface area contributed by atoms with E-state index in [9.17, 15) is 5.11 Å². The molecule has 0 atom stereocenters. The lowest BCUT2D eigenvalue weighted by molar-refractivity contribution is 0.473. The Bertz CT molecular complexity index is 353. The maximum atomic E-state index is 9.31. The molecule has 5 nitrogen and oxygen atoms in total. The Morgan fingerprint density at radius 3 is 2.46 bits per heavy atom. The van der Waals surface area contributed by atoms with Crippen LogP contribution in [0, 0.1) is 6.92 Å². The Hall–Kier alpha value is -1.78. The van der Waals surface area contributed by atoms with Crippen molar-refractivity contribution in [2.24, 2.45) is 20.7 Å². The van der Waals surface area contributed by atoms with Crippen LogP contribution in [0.15, 0.2) is 38.9 Å². The number of nitrogens with zero attached hydrogens (tertiary/aromatic N) is 4. The zero-order valence-corrected chi connectivity index (χ0v) is 7.05. The Kier molecular flexibility index (Phi) is 1.77. The van der Waals surface area contributed by atoms with E-state index in [0.717, 1.165) is 11.1 Å². The summed E-state index contributed by atoms with van der Waals surface area (Å²) in [5.74, 6) is 0.215. The summed E-state index contributed by atoms with van der Waals surface area (Å²) in [4.78, 5) is 0. The second-order valence-corrected chi connectivity index (χ2v) is 2.89. The van der Waals surface area contributed by atoms with E-state index in [2.05, 4.69) is 20.7 Å². The summed E-state index contributed by atoms with van der Waals surface area (Å²) in [7, 11) is 0. The third-order valence-corrected chi connectivity index (χ3v) is 1.74. The van der Waals surface area contributed by atoms with Crippen LogP contribution in [0.1, 0.15) is 17.3 Å². The van der Waals surface area contributed by atoms with Crippen molar-refractivity contribution in [1.82, 2.24) is 0 Å². The first-order chi connectivity index (χ1) is 6.25. The fraction of sp³-hybridized carbons (Fsp3) is 0.250. The zero-order chi connectivity index (χ0) is 9.26. The molecule has 1 aromatic rings. The molecule has 13 heavy (non-hydrogen) atoms. The molecule has 5 heteroatoms. The summed E-state index contributed by atoms with van der Waals surface area (Å²) in [6, 6.07) is 5.18. The molecule has 1 aromatic carbocycles. The number of phenolic OH excluding ortho intramolecular Hbond substituents is 1. The minimum absolute atomic E-state index is 0.215. The molecular formula is C8H8N4O. The predicted octanol–water partition coefficient (Wildman–Crippen LogP) is 2.53. The first-order valence-corrected chi connectivity index (χ1v) is 3.86. The molecule has 1 N–H and O–H groups in total. The smallest absolute Gasteiger partial charge is 0.210 e. The minimum atomic E-state index is -0.384. The maximum absolute atomic E-state index is 9.31. The lowest BCUT2D eigenvalue weighted by Gasteiger charge is -2.03. The third kappa shape index (κ3) is 1.53. The SMILES string of the molecule is Cc1cc(O)cc(C2N=NN=N2)c1. The second-order valence-electron chi connectivity index (χ2n) is 2.89. The monoisotopic (exact) mass is 176 g/mol. The van der Waals surface area contributed by atoms with Crippen molar-refractivity contribution < 1.29 is 5.11 Å². The molecule has 0 saturated heterocycles. The average Bonchev–Trinajstić information content (AvgIpc) is 2.53. The van der Waals surface area contributed by atoms with Gasteiger partial charge in [-0.25, -0.2) is 0 Å². The van der Waals surface area contributed by atoms with E-state index in [-0.39, 0.29) is 11.9 Å². The van der Waals surface area contributed by atoms with Gasteiger partial charge in [-0.15, -0.1) is 10.2 Å². The quantitative estimate of drug-likeness (QED) is 0.701. The summed E-state index contributed by atoms with van der Waals surface area (Å²) in [5.41, 5.74) is 1.77. The highest BCUT2D eigenvalue weighted by molar-refractivity contribution is 5.34. The number of benzene rings is 1. The Morgan fingerprint density at radius 2 is 1.85 bits per heavy atom. The topological polar surface area (TPSA) is 69.7 Å². The van der Waals surface area contributed by atoms with Crippen molar-refractivity contribution in [3.63, 3.8) is 0 Å². The molecule has 0 saturated carbocycles. The summed E-state index contributed by atoms with van der Waals surface area (Å²) < 4.78 is 0. The molecule has 0 bridgehead atoms. The van der Waals surface area contributed by atoms with Gasteiger partial charge in [-0.3, -0.25) is 0 Å². The number of rotatable bonds is 1. The fourth-order valence-electron chi connectivity index (χ4n) is 1.24. The standard InChI is InChI=1S/C8H8N4O/c1-5-2-6(4-7(13)3-5)8-9-11-12-10-8/h2-4,8,13H,1H3. The van der Waals surface area contributed by atoms with E-state index < -0.39 is 0 Å². The van der Waals surface area contributed by atoms with Gasteiger partial charge in [0.05, 0.1) is 0 Å². The summed E-state index contributed by atoms with van der Waals surface area (Å²) >= 11 is 0. The van der Waals surface area contributed by atoms with Gasteiger partial charge >= 0.3 is 0 Å². The molecule has 0 aliphatic carbocycles. The van der Waals surface area contributed by atoms with Gasteiger partial charge in [0.25, 0.3) is 0 Å². The van der Waals surface area contributed by atoms with Gasteiger partial charge in [0, 0.05) is 5.56 Å². The Morgan fingerprint density at radius 1 is 1.15 bits per heavy atom. The van der Waals surface area contributed by atoms with Crippen LogP contribution in [0.3, 0.4) is 0 Å². The lowest BCUT2D eigenvalue weighted by Crippen LogP contribution is -1.88. The van der Waals surface area contributed by atoms with Gasteiger partial charge < -0.3 is 5.11 Å². The molecule has 0 aromatic heterocycles. The highest BCUT2D eigenvalue weighted by atomic mass is 16.3. The van der Waals surface area contributed by atoms with E-state index >= 15 is 0 Å². The van der Waals surface area contributed by atoms with Crippen molar-refractivity contribution in [2.45, 2.75) is 13.1 Å². The molecule has 1 heterocycles. The molecule has 0 unspecified atom stereocenters. The van der Waals surface area contributed by atoms with E-state index in [1.54, 1.807) is 12.1 Å². The van der Waals surface area contributed by atoms with Crippen LogP contribution in [0.5, 0.6) is 5.75 Å². The lowest BCUT2D eigenvalue weighted by atomic mass is 10.1. The first kappa shape index (κ1) is 7.85. The molecule has 66 valence electrons. The van der Waals surface area contributed by atoms with Gasteiger partial charge in [-0.05, 0) is 35.1 Å². The Labute approximate surface area is 74.8 Å². The fourth-order valence-corrected chi connectivity index (χ4v) is 1.24. The molecule has 0 radical (unpaired) electrons. The van der Waals surface area contributed by atoms with Crippen LogP contribution in [0.2, 0.25) is 0 Å². The maximum Gasteiger partial charge on any atom is 0.210 e. The van der Waals surface area contributed by atoms with Gasteiger partial charge in [0.15, 0.2) is 0 Å². The minimum Gasteiger partial charge on any atom is -0.508 e. The third-order valence-electron chi connectivity index (χ3n) is 1.74. The van der Waals surface area contributed by atoms with Gasteiger partial charge in [-0.2, -0.15) is 0 Å². The van der Waals surface area contributed by atoms with Crippen molar-refractivity contribution in [3.8, 4) is 5.75 Å². The highest BCUT2D eigenvalue weighted by Gasteiger charge is 2.13. The molecule has 1 aliphatic rings. The number of aryl methyl sites for hydroxylation is 1. The average molecular weight is 176 g/mol. The largest absolute Gasteiger partial charge is 0.508 e. The number of hydrogen-bond acceptors (Lipinski definition) is 5. The van der Waals surface area contributed by atoms with Crippen LogP contribution < -0.4 is 0 Å². The summed E-state index contributed by atoms with van der Waals surface area (Å²) in [6.45, 7) is 1.90. The second kappa shape index (κ2) is 2.93. The van der Waals surface area contributed by atoms with Crippen molar-refractivity contribution >= 4 is 0 Å². The van der Waals surface area contributed by atoms with E-state index in [4.69, 9.17) is 0 Å². The van der Waals surface area contributed by atoms with Crippen LogP contribution in [0.25, 0.3) is 0 Å². The van der Waals surface area contributed by atoms with Crippen LogP contribution in [0.4, 0.5) is 0 Å². The number of phenols is 1.